The van der Waals surface area contributed by atoms with Crippen molar-refractivity contribution in [3.8, 4) is 0 Å². The molecule has 0 aliphatic carbocycles. The molecule has 2 aromatic carbocycles. The number of nitrogens with zero attached hydrogens (tertiary/aromatic N) is 1. The molecule has 0 spiro atoms. The molecule has 3 unspecified atom stereocenters. The number of aliphatic hydroxyl groups is 1. The Kier molecular flexibility index (Phi) is 6.09. The zero-order valence-corrected chi connectivity index (χ0v) is 18.4. The summed E-state index contributed by atoms with van der Waals surface area (Å²) in [6, 6.07) is 5.12. The summed E-state index contributed by atoms with van der Waals surface area (Å²) in [4.78, 5) is 13.3. The zero-order valence-electron chi connectivity index (χ0n) is 18.4. The summed E-state index contributed by atoms with van der Waals surface area (Å²) in [5.41, 5.74) is -3.35. The van der Waals surface area contributed by atoms with Gasteiger partial charge in [0, 0.05) is 24.0 Å². The third-order valence-electron chi connectivity index (χ3n) is 7.03. The SMILES string of the molecule is CCC[N+]1(C)C2C=C[C@@H]1CC(OC(=O)C(O)(c1ccc(F)c(F)c1)c1ccc(F)c(F)c1)C2. The van der Waals surface area contributed by atoms with Crippen LogP contribution in [0.5, 0.6) is 0 Å². The summed E-state index contributed by atoms with van der Waals surface area (Å²) < 4.78 is 61.5. The van der Waals surface area contributed by atoms with Crippen LogP contribution in [0.4, 0.5) is 17.6 Å². The summed E-state index contributed by atoms with van der Waals surface area (Å²) in [7, 11) is 2.16. The van der Waals surface area contributed by atoms with Crippen LogP contribution in [0.2, 0.25) is 0 Å². The van der Waals surface area contributed by atoms with Crippen molar-refractivity contribution in [2.24, 2.45) is 0 Å². The summed E-state index contributed by atoms with van der Waals surface area (Å²) in [6.07, 6.45) is 5.76. The molecule has 4 atom stereocenters. The molecular weight excluding hydrogens is 438 g/mol. The van der Waals surface area contributed by atoms with Crippen LogP contribution in [0, 0.1) is 23.3 Å². The molecule has 2 heterocycles. The number of hydrogen-bond donors (Lipinski definition) is 1. The number of benzene rings is 2. The molecular formula is C25H26F4NO3+. The van der Waals surface area contributed by atoms with Crippen LogP contribution < -0.4 is 0 Å². The van der Waals surface area contributed by atoms with Gasteiger partial charge in [-0.1, -0.05) is 19.1 Å². The lowest BCUT2D eigenvalue weighted by molar-refractivity contribution is -0.944. The number of halogens is 4. The topological polar surface area (TPSA) is 46.5 Å². The second-order valence-electron chi connectivity index (χ2n) is 9.06. The van der Waals surface area contributed by atoms with Gasteiger partial charge in [0.2, 0.25) is 5.60 Å². The molecule has 4 rings (SSSR count). The van der Waals surface area contributed by atoms with Crippen LogP contribution in [0.25, 0.3) is 0 Å². The molecule has 2 aliphatic rings. The van der Waals surface area contributed by atoms with Crippen molar-refractivity contribution in [1.29, 1.82) is 0 Å². The summed E-state index contributed by atoms with van der Waals surface area (Å²) in [6.45, 7) is 3.08. The first-order valence-electron chi connectivity index (χ1n) is 11.0. The van der Waals surface area contributed by atoms with Gasteiger partial charge in [-0.3, -0.25) is 0 Å². The van der Waals surface area contributed by atoms with Crippen molar-refractivity contribution in [2.45, 2.75) is 50.0 Å². The fourth-order valence-electron chi connectivity index (χ4n) is 5.16. The average molecular weight is 464 g/mol. The van der Waals surface area contributed by atoms with E-state index in [0.717, 1.165) is 41.7 Å². The molecule has 1 saturated heterocycles. The number of rotatable bonds is 6. The van der Waals surface area contributed by atoms with Crippen molar-refractivity contribution in [1.82, 2.24) is 0 Å². The lowest BCUT2D eigenvalue weighted by Crippen LogP contribution is -2.60. The Bertz CT molecular complexity index is 1040. The number of hydrogen-bond acceptors (Lipinski definition) is 3. The Hall–Kier alpha value is -2.71. The van der Waals surface area contributed by atoms with E-state index in [9.17, 15) is 27.5 Å². The molecule has 176 valence electrons. The number of quaternary nitrogens is 1. The maximum Gasteiger partial charge on any atom is 0.347 e. The molecule has 0 saturated carbocycles. The third kappa shape index (κ3) is 3.95. The second-order valence-corrected chi connectivity index (χ2v) is 9.06. The van der Waals surface area contributed by atoms with Crippen molar-refractivity contribution in [3.05, 3.63) is 82.9 Å². The van der Waals surface area contributed by atoms with E-state index in [1.807, 2.05) is 0 Å². The van der Waals surface area contributed by atoms with E-state index in [1.54, 1.807) is 0 Å². The third-order valence-corrected chi connectivity index (χ3v) is 7.03. The van der Waals surface area contributed by atoms with Gasteiger partial charge in [-0.2, -0.15) is 0 Å². The molecule has 2 aliphatic heterocycles. The molecule has 0 amide bonds. The number of piperidine rings is 1. The first kappa shape index (κ1) is 23.4. The van der Waals surface area contributed by atoms with Crippen molar-refractivity contribution in [2.75, 3.05) is 13.6 Å². The molecule has 2 bridgehead atoms. The first-order valence-corrected chi connectivity index (χ1v) is 11.0. The van der Waals surface area contributed by atoms with Crippen LogP contribution in [-0.2, 0) is 15.1 Å². The lowest BCUT2D eigenvalue weighted by Gasteiger charge is -2.47. The Morgan fingerprint density at radius 1 is 0.970 bits per heavy atom. The van der Waals surface area contributed by atoms with Crippen molar-refractivity contribution < 1.29 is 36.7 Å². The van der Waals surface area contributed by atoms with Crippen LogP contribution in [0.3, 0.4) is 0 Å². The minimum Gasteiger partial charge on any atom is -0.459 e. The van der Waals surface area contributed by atoms with Gasteiger partial charge in [0.25, 0.3) is 0 Å². The standard InChI is InChI=1S/C25H26F4NO3/c1-3-10-30(2)17-6-7-18(30)14-19(13-17)33-24(31)25(32,15-4-8-20(26)22(28)11-15)16-5-9-21(27)23(29)12-16/h4-9,11-12,17-19,32H,3,10,13-14H2,1-2H3/q+1/t17-,18?,19?,30?/m1/s1. The molecule has 0 radical (unpaired) electrons. The lowest BCUT2D eigenvalue weighted by atomic mass is 9.85. The van der Waals surface area contributed by atoms with Crippen molar-refractivity contribution >= 4 is 5.97 Å². The van der Waals surface area contributed by atoms with Gasteiger partial charge in [-0.25, -0.2) is 22.4 Å². The number of esters is 1. The van der Waals surface area contributed by atoms with Gasteiger partial charge in [-0.15, -0.1) is 0 Å². The zero-order chi connectivity index (χ0) is 24.0. The molecule has 0 aromatic heterocycles. The Labute approximate surface area is 189 Å². The van der Waals surface area contributed by atoms with Gasteiger partial charge < -0.3 is 14.3 Å². The van der Waals surface area contributed by atoms with E-state index in [2.05, 4.69) is 26.1 Å². The van der Waals surface area contributed by atoms with E-state index in [4.69, 9.17) is 4.74 Å². The van der Waals surface area contributed by atoms with E-state index < -0.39 is 40.9 Å². The molecule has 33 heavy (non-hydrogen) atoms. The largest absolute Gasteiger partial charge is 0.459 e. The van der Waals surface area contributed by atoms with Gasteiger partial charge in [0.05, 0.1) is 13.6 Å². The highest BCUT2D eigenvalue weighted by Gasteiger charge is 2.51. The van der Waals surface area contributed by atoms with Gasteiger partial charge in [-0.05, 0) is 42.8 Å². The normalized spacial score (nSPS) is 26.5. The minimum absolute atomic E-state index is 0.140. The smallest absolute Gasteiger partial charge is 0.347 e. The van der Waals surface area contributed by atoms with Gasteiger partial charge in [0.15, 0.2) is 23.3 Å². The Morgan fingerprint density at radius 2 is 1.45 bits per heavy atom. The highest BCUT2D eigenvalue weighted by molar-refractivity contribution is 5.85. The molecule has 8 heteroatoms. The van der Waals surface area contributed by atoms with E-state index >= 15 is 0 Å². The highest BCUT2D eigenvalue weighted by Crippen LogP contribution is 2.40. The highest BCUT2D eigenvalue weighted by atomic mass is 19.2. The first-order chi connectivity index (χ1) is 15.6. The van der Waals surface area contributed by atoms with E-state index in [0.29, 0.717) is 25.0 Å². The quantitative estimate of drug-likeness (QED) is 0.299. The number of likely N-dealkylation sites (N-methyl/N-ethyl adjacent to an activating group) is 1. The maximum atomic E-state index is 14.0. The molecule has 4 nitrogen and oxygen atoms in total. The van der Waals surface area contributed by atoms with Crippen molar-refractivity contribution in [3.63, 3.8) is 0 Å². The Morgan fingerprint density at radius 3 is 1.88 bits per heavy atom. The summed E-state index contributed by atoms with van der Waals surface area (Å²) in [5, 5.41) is 11.4. The minimum atomic E-state index is -2.66. The fraction of sp³-hybridized carbons (Fsp3) is 0.400. The van der Waals surface area contributed by atoms with Crippen LogP contribution >= 0.6 is 0 Å². The van der Waals surface area contributed by atoms with Crippen LogP contribution in [0.15, 0.2) is 48.6 Å². The molecule has 1 N–H and O–H groups in total. The fourth-order valence-corrected chi connectivity index (χ4v) is 5.16. The number of fused-ring (bicyclic) bond motifs is 2. The van der Waals surface area contributed by atoms with Crippen LogP contribution in [0.1, 0.15) is 37.3 Å². The number of ether oxygens (including phenoxy) is 1. The van der Waals surface area contributed by atoms with E-state index in [-0.39, 0.29) is 23.2 Å². The maximum absolute atomic E-state index is 14.0. The number of carbonyl (C=O) groups is 1. The number of carbonyl (C=O) groups excluding carboxylic acids is 1. The predicted octanol–water partition coefficient (Wildman–Crippen LogP) is 4.35. The van der Waals surface area contributed by atoms with E-state index in [1.165, 1.54) is 0 Å². The molecule has 1 fully saturated rings. The summed E-state index contributed by atoms with van der Waals surface area (Å²) in [5.74, 6) is -6.11. The van der Waals surface area contributed by atoms with Gasteiger partial charge in [0.1, 0.15) is 18.2 Å². The average Bonchev–Trinajstić information content (AvgIpc) is 2.93. The van der Waals surface area contributed by atoms with Crippen LogP contribution in [-0.4, -0.2) is 47.3 Å². The Balaban J connectivity index is 1.66. The molecule has 2 aromatic rings. The second kappa shape index (κ2) is 8.57. The summed E-state index contributed by atoms with van der Waals surface area (Å²) >= 11 is 0. The predicted molar refractivity (Wildman–Crippen MR) is 113 cm³/mol. The van der Waals surface area contributed by atoms with Gasteiger partial charge >= 0.3 is 5.97 Å². The monoisotopic (exact) mass is 464 g/mol.